The maximum atomic E-state index is 11.9. The van der Waals surface area contributed by atoms with Crippen molar-refractivity contribution in [3.05, 3.63) is 0 Å². The molecule has 0 bridgehead atoms. The van der Waals surface area contributed by atoms with E-state index in [1.165, 1.54) is 25.9 Å². The molecule has 0 radical (unpaired) electrons. The smallest absolute Gasteiger partial charge is 0.224 e. The number of hydrogen-bond acceptors (Lipinski definition) is 3. The molecule has 0 spiro atoms. The molecule has 4 nitrogen and oxygen atoms in total. The van der Waals surface area contributed by atoms with Gasteiger partial charge in [0.15, 0.2) is 0 Å². The quantitative estimate of drug-likeness (QED) is 0.751. The fraction of sp³-hybridized carbons (Fsp3) is 0.923. The number of amides is 1. The number of likely N-dealkylation sites (tertiary alicyclic amines) is 1. The van der Waals surface area contributed by atoms with Crippen LogP contribution in [0.4, 0.5) is 0 Å². The number of nitrogens with one attached hydrogen (secondary N) is 2. The molecule has 4 heteroatoms. The second-order valence-electron chi connectivity index (χ2n) is 5.54. The van der Waals surface area contributed by atoms with Crippen molar-refractivity contribution in [3.63, 3.8) is 0 Å². The molecule has 2 N–H and O–H groups in total. The molecule has 2 fully saturated rings. The normalized spacial score (nSPS) is 27.9. The Hall–Kier alpha value is -0.610. The fourth-order valence-electron chi connectivity index (χ4n) is 2.73. The maximum absolute atomic E-state index is 11.9. The van der Waals surface area contributed by atoms with Gasteiger partial charge in [0.2, 0.25) is 5.91 Å². The van der Waals surface area contributed by atoms with Crippen LogP contribution in [0, 0.1) is 11.8 Å². The number of carbonyl (C=O) groups is 1. The van der Waals surface area contributed by atoms with E-state index in [-0.39, 0.29) is 11.8 Å². The Bertz CT molecular complexity index is 243. The number of rotatable bonds is 3. The van der Waals surface area contributed by atoms with E-state index in [0.717, 1.165) is 32.5 Å². The van der Waals surface area contributed by atoms with E-state index in [1.807, 2.05) is 0 Å². The first-order valence-electron chi connectivity index (χ1n) is 6.92. The summed E-state index contributed by atoms with van der Waals surface area (Å²) in [5.74, 6) is 1.15. The van der Waals surface area contributed by atoms with Crippen molar-refractivity contribution >= 4 is 5.91 Å². The van der Waals surface area contributed by atoms with Gasteiger partial charge in [0.1, 0.15) is 0 Å². The van der Waals surface area contributed by atoms with Crippen LogP contribution in [0.25, 0.3) is 0 Å². The molecule has 0 aliphatic carbocycles. The molecular weight excluding hydrogens is 214 g/mol. The van der Waals surface area contributed by atoms with Gasteiger partial charge in [0.05, 0.1) is 5.92 Å². The molecule has 0 aromatic heterocycles. The largest absolute Gasteiger partial charge is 0.356 e. The van der Waals surface area contributed by atoms with Crippen molar-refractivity contribution < 1.29 is 4.79 Å². The Kier molecular flexibility index (Phi) is 4.80. The lowest BCUT2D eigenvalue weighted by Gasteiger charge is -2.29. The van der Waals surface area contributed by atoms with Crippen molar-refractivity contribution in [3.8, 4) is 0 Å². The van der Waals surface area contributed by atoms with E-state index in [1.54, 1.807) is 0 Å². The van der Waals surface area contributed by atoms with E-state index < -0.39 is 0 Å². The van der Waals surface area contributed by atoms with Crippen LogP contribution in [0.2, 0.25) is 0 Å². The standard InChI is InChI=1S/C13H25N3O/c1-16-7-4-11(5-8-16)9-15-13(17)12-3-2-6-14-10-12/h11-12,14H,2-10H2,1H3,(H,15,17)/t12-/m0/s1. The van der Waals surface area contributed by atoms with E-state index in [0.29, 0.717) is 5.92 Å². The van der Waals surface area contributed by atoms with Crippen LogP contribution in [-0.2, 0) is 4.79 Å². The summed E-state index contributed by atoms with van der Waals surface area (Å²) < 4.78 is 0. The minimum atomic E-state index is 0.204. The predicted octanol–water partition coefficient (Wildman–Crippen LogP) is 0.444. The van der Waals surface area contributed by atoms with Crippen molar-refractivity contribution in [1.82, 2.24) is 15.5 Å². The first-order valence-corrected chi connectivity index (χ1v) is 6.92. The second-order valence-corrected chi connectivity index (χ2v) is 5.54. The molecule has 0 aromatic rings. The van der Waals surface area contributed by atoms with Crippen molar-refractivity contribution in [2.24, 2.45) is 11.8 Å². The van der Waals surface area contributed by atoms with E-state index in [4.69, 9.17) is 0 Å². The number of piperidine rings is 2. The number of nitrogens with zero attached hydrogens (tertiary/aromatic N) is 1. The van der Waals surface area contributed by atoms with Crippen molar-refractivity contribution in [2.75, 3.05) is 39.8 Å². The first kappa shape index (κ1) is 12.8. The summed E-state index contributed by atoms with van der Waals surface area (Å²) in [5.41, 5.74) is 0. The zero-order valence-corrected chi connectivity index (χ0v) is 10.9. The molecule has 2 saturated heterocycles. The van der Waals surface area contributed by atoms with Crippen LogP contribution in [0.15, 0.2) is 0 Å². The fourth-order valence-corrected chi connectivity index (χ4v) is 2.73. The minimum Gasteiger partial charge on any atom is -0.356 e. The third-order valence-corrected chi connectivity index (χ3v) is 4.07. The third-order valence-electron chi connectivity index (χ3n) is 4.07. The Balaban J connectivity index is 1.65. The van der Waals surface area contributed by atoms with Gasteiger partial charge in [-0.3, -0.25) is 4.79 Å². The molecule has 0 aromatic carbocycles. The average molecular weight is 239 g/mol. The maximum Gasteiger partial charge on any atom is 0.224 e. The van der Waals surface area contributed by atoms with Gasteiger partial charge >= 0.3 is 0 Å². The van der Waals surface area contributed by atoms with Crippen LogP contribution in [-0.4, -0.2) is 50.6 Å². The summed E-state index contributed by atoms with van der Waals surface area (Å²) in [6.07, 6.45) is 4.62. The SMILES string of the molecule is CN1CCC(CNC(=O)[C@H]2CCCNC2)CC1. The molecule has 0 unspecified atom stereocenters. The van der Waals surface area contributed by atoms with Gasteiger partial charge in [0, 0.05) is 13.1 Å². The van der Waals surface area contributed by atoms with E-state index in [9.17, 15) is 4.79 Å². The van der Waals surface area contributed by atoms with Crippen LogP contribution in [0.5, 0.6) is 0 Å². The average Bonchev–Trinajstić information content (AvgIpc) is 2.39. The van der Waals surface area contributed by atoms with Crippen LogP contribution < -0.4 is 10.6 Å². The Morgan fingerprint density at radius 3 is 2.76 bits per heavy atom. The number of carbonyl (C=O) groups excluding carboxylic acids is 1. The molecule has 17 heavy (non-hydrogen) atoms. The van der Waals surface area contributed by atoms with Gasteiger partial charge < -0.3 is 15.5 Å². The highest BCUT2D eigenvalue weighted by Gasteiger charge is 2.22. The summed E-state index contributed by atoms with van der Waals surface area (Å²) >= 11 is 0. The zero-order valence-electron chi connectivity index (χ0n) is 10.9. The first-order chi connectivity index (χ1) is 8.25. The highest BCUT2D eigenvalue weighted by molar-refractivity contribution is 5.78. The topological polar surface area (TPSA) is 44.4 Å². The van der Waals surface area contributed by atoms with E-state index >= 15 is 0 Å². The molecule has 2 heterocycles. The molecule has 98 valence electrons. The second kappa shape index (κ2) is 6.36. The van der Waals surface area contributed by atoms with Gasteiger partial charge in [-0.1, -0.05) is 0 Å². The summed E-state index contributed by atoms with van der Waals surface area (Å²) in [6.45, 7) is 5.15. The van der Waals surface area contributed by atoms with Gasteiger partial charge in [-0.15, -0.1) is 0 Å². The summed E-state index contributed by atoms with van der Waals surface area (Å²) in [4.78, 5) is 14.3. The third kappa shape index (κ3) is 3.96. The Morgan fingerprint density at radius 2 is 2.12 bits per heavy atom. The summed E-state index contributed by atoms with van der Waals surface area (Å²) in [7, 11) is 2.17. The lowest BCUT2D eigenvalue weighted by Crippen LogP contribution is -2.43. The highest BCUT2D eigenvalue weighted by Crippen LogP contribution is 2.15. The van der Waals surface area contributed by atoms with E-state index in [2.05, 4.69) is 22.6 Å². The van der Waals surface area contributed by atoms with Gasteiger partial charge in [-0.25, -0.2) is 0 Å². The molecule has 1 atom stereocenters. The lowest BCUT2D eigenvalue weighted by atomic mass is 9.95. The molecule has 1 amide bonds. The zero-order chi connectivity index (χ0) is 12.1. The van der Waals surface area contributed by atoms with Gasteiger partial charge in [0.25, 0.3) is 0 Å². The molecule has 0 saturated carbocycles. The van der Waals surface area contributed by atoms with Gasteiger partial charge in [-0.05, 0) is 58.3 Å². The summed E-state index contributed by atoms with van der Waals surface area (Å²) in [5, 5.41) is 6.43. The van der Waals surface area contributed by atoms with Crippen LogP contribution >= 0.6 is 0 Å². The minimum absolute atomic E-state index is 0.204. The Labute approximate surface area is 104 Å². The Morgan fingerprint density at radius 1 is 1.35 bits per heavy atom. The van der Waals surface area contributed by atoms with Crippen LogP contribution in [0.3, 0.4) is 0 Å². The van der Waals surface area contributed by atoms with Crippen molar-refractivity contribution in [2.45, 2.75) is 25.7 Å². The highest BCUT2D eigenvalue weighted by atomic mass is 16.1. The molecular formula is C13H25N3O. The van der Waals surface area contributed by atoms with Crippen LogP contribution in [0.1, 0.15) is 25.7 Å². The predicted molar refractivity (Wildman–Crippen MR) is 68.8 cm³/mol. The van der Waals surface area contributed by atoms with Gasteiger partial charge in [-0.2, -0.15) is 0 Å². The summed E-state index contributed by atoms with van der Waals surface area (Å²) in [6, 6.07) is 0. The number of hydrogen-bond donors (Lipinski definition) is 2. The monoisotopic (exact) mass is 239 g/mol. The lowest BCUT2D eigenvalue weighted by molar-refractivity contribution is -0.125. The molecule has 2 aliphatic rings. The van der Waals surface area contributed by atoms with Crippen molar-refractivity contribution in [1.29, 1.82) is 0 Å². The molecule has 2 rings (SSSR count). The molecule has 2 aliphatic heterocycles.